The Balaban J connectivity index is 0.00000241. The van der Waals surface area contributed by atoms with Crippen LogP contribution in [0, 0.1) is 12.3 Å². The van der Waals surface area contributed by atoms with Gasteiger partial charge >= 0.3 is 0 Å². The number of benzene rings is 1. The van der Waals surface area contributed by atoms with Crippen molar-refractivity contribution in [1.29, 1.82) is 0 Å². The number of ketones is 1. The predicted octanol–water partition coefficient (Wildman–Crippen LogP) is 5.65. The van der Waals surface area contributed by atoms with Crippen LogP contribution in [0.4, 0.5) is 17.5 Å². The molecule has 2 aromatic heterocycles. The standard InChI is InChI=1S/C26H34N6O2S.3H2/c1-6-19(33)14-18-7-9-20(10-8-18)35-24-28-21(27-22-13-17(2)30-31-22)15-23(29-24)32-12-11-26(34,16-32)25(3,4)5;;;/h7-10,13,15,34H,6,11-12,14,16H2,1-5H3,(H2,27,28,29,30,31);3*1H. The summed E-state index contributed by atoms with van der Waals surface area (Å²) >= 11 is 1.46. The molecular weight excluding hydrogens is 460 g/mol. The number of aromatic amines is 1. The van der Waals surface area contributed by atoms with Gasteiger partial charge in [0.15, 0.2) is 11.0 Å². The fourth-order valence-electron chi connectivity index (χ4n) is 4.03. The molecule has 192 valence electrons. The van der Waals surface area contributed by atoms with E-state index >= 15 is 0 Å². The van der Waals surface area contributed by atoms with Crippen molar-refractivity contribution in [3.63, 3.8) is 0 Å². The van der Waals surface area contributed by atoms with E-state index in [-0.39, 0.29) is 15.5 Å². The molecule has 4 rings (SSSR count). The van der Waals surface area contributed by atoms with Crippen LogP contribution in [0.1, 0.15) is 56.1 Å². The van der Waals surface area contributed by atoms with E-state index in [9.17, 15) is 9.90 Å². The zero-order valence-corrected chi connectivity index (χ0v) is 21.9. The maximum Gasteiger partial charge on any atom is 0.196 e. The highest BCUT2D eigenvalue weighted by molar-refractivity contribution is 7.99. The zero-order chi connectivity index (χ0) is 25.2. The van der Waals surface area contributed by atoms with Crippen LogP contribution in [0.3, 0.4) is 0 Å². The molecule has 1 aliphatic heterocycles. The summed E-state index contributed by atoms with van der Waals surface area (Å²) in [6.07, 6.45) is 1.68. The van der Waals surface area contributed by atoms with E-state index in [0.717, 1.165) is 28.5 Å². The number of carbonyl (C=O) groups is 1. The number of Topliss-reactive ketones (excluding diaryl/α,β-unsaturated/α-hetero) is 1. The lowest BCUT2D eigenvalue weighted by Crippen LogP contribution is -2.45. The SMILES string of the molecule is CCC(=O)Cc1ccc(Sc2nc(Nc3cc(C)[nH]n3)cc(N3CCC(O)(C(C)(C)C)C3)n2)cc1.[HH].[HH].[HH]. The molecule has 3 heterocycles. The minimum Gasteiger partial charge on any atom is -0.387 e. The second-order valence-corrected chi connectivity index (χ2v) is 11.3. The van der Waals surface area contributed by atoms with Crippen LogP contribution < -0.4 is 10.2 Å². The zero-order valence-electron chi connectivity index (χ0n) is 21.1. The smallest absolute Gasteiger partial charge is 0.196 e. The Morgan fingerprint density at radius 1 is 1.23 bits per heavy atom. The summed E-state index contributed by atoms with van der Waals surface area (Å²) in [5.74, 6) is 2.32. The average molecular weight is 501 g/mol. The minimum absolute atomic E-state index is 0. The molecule has 35 heavy (non-hydrogen) atoms. The van der Waals surface area contributed by atoms with Crippen LogP contribution in [-0.4, -0.2) is 49.7 Å². The Kier molecular flexibility index (Phi) is 7.19. The Morgan fingerprint density at radius 3 is 2.57 bits per heavy atom. The quantitative estimate of drug-likeness (QED) is 0.341. The largest absolute Gasteiger partial charge is 0.387 e. The minimum atomic E-state index is -0.788. The van der Waals surface area contributed by atoms with Gasteiger partial charge in [0.25, 0.3) is 0 Å². The third-order valence-electron chi connectivity index (χ3n) is 6.55. The van der Waals surface area contributed by atoms with Crippen molar-refractivity contribution in [1.82, 2.24) is 20.2 Å². The van der Waals surface area contributed by atoms with E-state index in [0.29, 0.717) is 42.6 Å². The van der Waals surface area contributed by atoms with Crippen molar-refractivity contribution in [2.24, 2.45) is 5.41 Å². The Labute approximate surface area is 215 Å². The Hall–Kier alpha value is -2.91. The van der Waals surface area contributed by atoms with Gasteiger partial charge in [-0.1, -0.05) is 39.8 Å². The molecule has 0 saturated carbocycles. The van der Waals surface area contributed by atoms with Gasteiger partial charge in [-0.25, -0.2) is 9.97 Å². The van der Waals surface area contributed by atoms with Crippen molar-refractivity contribution in [2.45, 2.75) is 69.5 Å². The molecule has 3 N–H and O–H groups in total. The van der Waals surface area contributed by atoms with E-state index < -0.39 is 5.60 Å². The van der Waals surface area contributed by atoms with Crippen LogP contribution in [-0.2, 0) is 11.2 Å². The number of aromatic nitrogens is 4. The van der Waals surface area contributed by atoms with E-state index in [4.69, 9.17) is 9.97 Å². The number of nitrogens with zero attached hydrogens (tertiary/aromatic N) is 4. The fourth-order valence-corrected chi connectivity index (χ4v) is 4.80. The highest BCUT2D eigenvalue weighted by atomic mass is 32.2. The molecule has 1 fully saturated rings. The van der Waals surface area contributed by atoms with Gasteiger partial charge in [0, 0.05) is 52.9 Å². The summed E-state index contributed by atoms with van der Waals surface area (Å²) in [6.45, 7) is 11.3. The number of anilines is 3. The summed E-state index contributed by atoms with van der Waals surface area (Å²) in [4.78, 5) is 24.4. The van der Waals surface area contributed by atoms with Gasteiger partial charge in [-0.2, -0.15) is 5.10 Å². The molecule has 1 unspecified atom stereocenters. The number of carbonyl (C=O) groups excluding carboxylic acids is 1. The maximum atomic E-state index is 11.8. The van der Waals surface area contributed by atoms with Crippen molar-refractivity contribution >= 4 is 35.0 Å². The number of rotatable bonds is 8. The number of hydrogen-bond donors (Lipinski definition) is 3. The van der Waals surface area contributed by atoms with Gasteiger partial charge < -0.3 is 15.3 Å². The molecular formula is C26H40N6O2S. The average Bonchev–Trinajstić information content (AvgIpc) is 3.41. The first kappa shape index (κ1) is 25.2. The molecule has 1 atom stereocenters. The first-order valence-electron chi connectivity index (χ1n) is 12.0. The van der Waals surface area contributed by atoms with Gasteiger partial charge in [-0.15, -0.1) is 0 Å². The van der Waals surface area contributed by atoms with Crippen LogP contribution in [0.15, 0.2) is 46.5 Å². The number of aliphatic hydroxyl groups is 1. The summed E-state index contributed by atoms with van der Waals surface area (Å²) in [5.41, 5.74) is 0.934. The first-order valence-corrected chi connectivity index (χ1v) is 12.8. The molecule has 1 aromatic carbocycles. The van der Waals surface area contributed by atoms with Crippen molar-refractivity contribution in [2.75, 3.05) is 23.3 Å². The number of β-amino-alcohol motifs (C(OH)–C–C–N with tert-alkyl or cyclic N) is 1. The molecule has 0 amide bonds. The normalized spacial score (nSPS) is 18.2. The second-order valence-electron chi connectivity index (χ2n) is 10.2. The molecule has 0 radical (unpaired) electrons. The lowest BCUT2D eigenvalue weighted by atomic mass is 9.76. The Morgan fingerprint density at radius 2 is 1.97 bits per heavy atom. The molecule has 1 saturated heterocycles. The molecule has 3 aromatic rings. The maximum absolute atomic E-state index is 11.8. The summed E-state index contributed by atoms with van der Waals surface area (Å²) < 4.78 is 0. The first-order chi connectivity index (χ1) is 16.5. The van der Waals surface area contributed by atoms with Crippen molar-refractivity contribution < 1.29 is 14.2 Å². The highest BCUT2D eigenvalue weighted by Crippen LogP contribution is 2.40. The molecule has 0 bridgehead atoms. The van der Waals surface area contributed by atoms with E-state index in [1.807, 2.05) is 50.2 Å². The Bertz CT molecular complexity index is 1200. The van der Waals surface area contributed by atoms with Crippen molar-refractivity contribution in [3.05, 3.63) is 47.7 Å². The van der Waals surface area contributed by atoms with Gasteiger partial charge in [0.2, 0.25) is 0 Å². The summed E-state index contributed by atoms with van der Waals surface area (Å²) in [5, 5.41) is 22.3. The van der Waals surface area contributed by atoms with Gasteiger partial charge in [0.1, 0.15) is 17.4 Å². The molecule has 1 aliphatic rings. The lowest BCUT2D eigenvalue weighted by Gasteiger charge is -2.36. The van der Waals surface area contributed by atoms with Gasteiger partial charge in [-0.3, -0.25) is 9.89 Å². The van der Waals surface area contributed by atoms with Crippen molar-refractivity contribution in [3.8, 4) is 0 Å². The number of nitrogens with one attached hydrogen (secondary N) is 2. The van der Waals surface area contributed by atoms with E-state index in [1.165, 1.54) is 11.8 Å². The molecule has 9 heteroatoms. The summed E-state index contributed by atoms with van der Waals surface area (Å²) in [7, 11) is 0. The van der Waals surface area contributed by atoms with E-state index in [2.05, 4.69) is 41.2 Å². The van der Waals surface area contributed by atoms with Crippen LogP contribution in [0.25, 0.3) is 0 Å². The topological polar surface area (TPSA) is 107 Å². The molecule has 8 nitrogen and oxygen atoms in total. The van der Waals surface area contributed by atoms with Gasteiger partial charge in [-0.05, 0) is 48.2 Å². The van der Waals surface area contributed by atoms with Crippen LogP contribution in [0.5, 0.6) is 0 Å². The molecule has 0 aliphatic carbocycles. The molecule has 0 spiro atoms. The lowest BCUT2D eigenvalue weighted by molar-refractivity contribution is -0.118. The fraction of sp³-hybridized carbons (Fsp3) is 0.462. The summed E-state index contributed by atoms with van der Waals surface area (Å²) in [6, 6.07) is 11.8. The number of hydrogen-bond acceptors (Lipinski definition) is 8. The van der Waals surface area contributed by atoms with E-state index in [1.54, 1.807) is 0 Å². The second kappa shape index (κ2) is 9.99. The van der Waals surface area contributed by atoms with Gasteiger partial charge in [0.05, 0.1) is 5.60 Å². The monoisotopic (exact) mass is 500 g/mol. The number of H-pyrrole nitrogens is 1. The van der Waals surface area contributed by atoms with Crippen LogP contribution in [0.2, 0.25) is 0 Å². The third kappa shape index (κ3) is 6.02. The third-order valence-corrected chi connectivity index (χ3v) is 7.42. The van der Waals surface area contributed by atoms with Crippen LogP contribution >= 0.6 is 11.8 Å². The number of aryl methyl sites for hydroxylation is 1. The predicted molar refractivity (Wildman–Crippen MR) is 146 cm³/mol. The highest BCUT2D eigenvalue weighted by Gasteiger charge is 2.45.